The van der Waals surface area contributed by atoms with Crippen molar-refractivity contribution in [1.82, 2.24) is 4.90 Å². The van der Waals surface area contributed by atoms with Crippen molar-refractivity contribution in [3.05, 3.63) is 114 Å². The Hall–Kier alpha value is -3.33. The second kappa shape index (κ2) is 12.4. The molecule has 0 N–H and O–H groups in total. The van der Waals surface area contributed by atoms with Gasteiger partial charge in [0.2, 0.25) is 0 Å². The molecule has 0 saturated carbocycles. The second-order valence-electron chi connectivity index (χ2n) is 10.3. The van der Waals surface area contributed by atoms with E-state index in [4.69, 9.17) is 0 Å². The van der Waals surface area contributed by atoms with Crippen molar-refractivity contribution in [2.24, 2.45) is 5.41 Å². The van der Waals surface area contributed by atoms with Gasteiger partial charge in [-0.05, 0) is 66.0 Å². The zero-order valence-electron chi connectivity index (χ0n) is 21.8. The smallest absolute Gasteiger partial charge is 0.274 e. The number of hydrogen-bond acceptors (Lipinski definition) is 2. The number of hydrogen-bond donors (Lipinski definition) is 0. The van der Waals surface area contributed by atoms with Crippen LogP contribution in [0, 0.1) is 5.41 Å². The molecule has 2 aliphatic rings. The zero-order valence-corrected chi connectivity index (χ0v) is 21.8. The third-order valence-corrected chi connectivity index (χ3v) is 6.33. The summed E-state index contributed by atoms with van der Waals surface area (Å²) >= 11 is 0. The number of benzene rings is 1. The van der Waals surface area contributed by atoms with Gasteiger partial charge in [-0.3, -0.25) is 4.79 Å². The lowest BCUT2D eigenvalue weighted by Crippen LogP contribution is -2.46. The molecule has 0 bridgehead atoms. The molecular formula is C32H40N2O. The normalized spacial score (nSPS) is 22.5. The monoisotopic (exact) mass is 468 g/mol. The van der Waals surface area contributed by atoms with Crippen molar-refractivity contribution in [2.45, 2.75) is 53.4 Å². The Morgan fingerprint density at radius 1 is 1.00 bits per heavy atom. The van der Waals surface area contributed by atoms with Crippen molar-refractivity contribution in [1.29, 1.82) is 0 Å². The van der Waals surface area contributed by atoms with Crippen LogP contribution in [0.25, 0.3) is 0 Å². The van der Waals surface area contributed by atoms with E-state index in [-0.39, 0.29) is 5.91 Å². The van der Waals surface area contributed by atoms with Gasteiger partial charge >= 0.3 is 0 Å². The zero-order chi connectivity index (χ0) is 25.3. The number of aryl methyl sites for hydroxylation is 2. The van der Waals surface area contributed by atoms with E-state index in [0.717, 1.165) is 36.9 Å². The van der Waals surface area contributed by atoms with Crippen molar-refractivity contribution >= 4 is 11.6 Å². The number of carbonyl (C=O) groups excluding carboxylic acids is 1. The van der Waals surface area contributed by atoms with Crippen molar-refractivity contribution in [3.8, 4) is 0 Å². The number of carbonyl (C=O) groups is 1. The van der Waals surface area contributed by atoms with E-state index in [9.17, 15) is 4.79 Å². The fraction of sp³-hybridized carbons (Fsp3) is 0.344. The van der Waals surface area contributed by atoms with E-state index in [1.165, 1.54) is 11.1 Å². The highest BCUT2D eigenvalue weighted by Crippen LogP contribution is 2.28. The van der Waals surface area contributed by atoms with Crippen LogP contribution in [0.5, 0.6) is 0 Å². The highest BCUT2D eigenvalue weighted by atomic mass is 16.2. The van der Waals surface area contributed by atoms with Gasteiger partial charge in [-0.25, -0.2) is 0 Å². The predicted octanol–water partition coefficient (Wildman–Crippen LogP) is 7.46. The molecule has 3 heteroatoms. The van der Waals surface area contributed by atoms with Crippen LogP contribution in [0.2, 0.25) is 0 Å². The number of rotatable bonds is 6. The third-order valence-electron chi connectivity index (χ3n) is 6.33. The minimum Gasteiger partial charge on any atom is -0.342 e. The van der Waals surface area contributed by atoms with E-state index in [1.54, 1.807) is 0 Å². The molecule has 1 fully saturated rings. The summed E-state index contributed by atoms with van der Waals surface area (Å²) in [4.78, 5) is 17.1. The summed E-state index contributed by atoms with van der Waals surface area (Å²) in [5.74, 6) is -0.0347. The maximum atomic E-state index is 13.2. The fourth-order valence-electron chi connectivity index (χ4n) is 4.14. The summed E-state index contributed by atoms with van der Waals surface area (Å²) in [6.45, 7) is 14.5. The molecular weight excluding hydrogens is 428 g/mol. The molecule has 35 heavy (non-hydrogen) atoms. The second-order valence-corrected chi connectivity index (χ2v) is 10.3. The molecule has 1 saturated heterocycles. The molecule has 0 spiro atoms. The third kappa shape index (κ3) is 7.85. The molecule has 184 valence electrons. The van der Waals surface area contributed by atoms with Gasteiger partial charge in [0.15, 0.2) is 0 Å². The largest absolute Gasteiger partial charge is 0.342 e. The first kappa shape index (κ1) is 26.3. The van der Waals surface area contributed by atoms with Crippen LogP contribution in [0.4, 0.5) is 5.69 Å². The lowest BCUT2D eigenvalue weighted by atomic mass is 9.87. The van der Waals surface area contributed by atoms with Gasteiger partial charge in [0.1, 0.15) is 0 Å². The van der Waals surface area contributed by atoms with E-state index >= 15 is 0 Å². The molecule has 1 aliphatic heterocycles. The average molecular weight is 469 g/mol. The van der Waals surface area contributed by atoms with E-state index in [2.05, 4.69) is 76.8 Å². The van der Waals surface area contributed by atoms with Crippen molar-refractivity contribution in [2.75, 3.05) is 18.0 Å². The Bertz CT molecular complexity index is 1090. The minimum absolute atomic E-state index is 0.0347. The van der Waals surface area contributed by atoms with Crippen LogP contribution in [-0.2, 0) is 17.6 Å². The van der Waals surface area contributed by atoms with Gasteiger partial charge in [-0.2, -0.15) is 0 Å². The van der Waals surface area contributed by atoms with Gasteiger partial charge < -0.3 is 9.80 Å². The van der Waals surface area contributed by atoms with Crippen LogP contribution in [0.1, 0.15) is 51.7 Å². The van der Waals surface area contributed by atoms with Crippen LogP contribution in [0.3, 0.4) is 0 Å². The Morgan fingerprint density at radius 2 is 1.77 bits per heavy atom. The Kier molecular flexibility index (Phi) is 9.31. The number of piperazine rings is 1. The molecule has 1 aromatic carbocycles. The standard InChI is InChI=1S/C32H40N2O/c1-6-28-25-30(18-17-29(28)19-21-32(3,4)5)34-24-23-33(26(2)31(34)35)22-20-27-15-13-11-9-7-8-10-12-14-16-27/h7-11,13-18,20,22,25H,2,6,12,19,21,23-24H2,1,3-5H3/b9-7-,10-8-,13-11-,16-14-,22-20+,27-15+. The highest BCUT2D eigenvalue weighted by molar-refractivity contribution is 6.05. The predicted molar refractivity (Wildman–Crippen MR) is 150 cm³/mol. The summed E-state index contributed by atoms with van der Waals surface area (Å²) in [6.07, 6.45) is 26.6. The molecule has 3 rings (SSSR count). The summed E-state index contributed by atoms with van der Waals surface area (Å²) in [5, 5.41) is 0. The number of anilines is 1. The molecule has 1 aliphatic carbocycles. The lowest BCUT2D eigenvalue weighted by molar-refractivity contribution is -0.117. The molecule has 0 atom stereocenters. The summed E-state index contributed by atoms with van der Waals surface area (Å²) in [6, 6.07) is 6.50. The average Bonchev–Trinajstić information content (AvgIpc) is 2.89. The summed E-state index contributed by atoms with van der Waals surface area (Å²) in [5.41, 5.74) is 5.58. The number of nitrogens with zero attached hydrogens (tertiary/aromatic N) is 2. The first-order valence-electron chi connectivity index (χ1n) is 12.7. The molecule has 1 amide bonds. The molecule has 1 heterocycles. The van der Waals surface area contributed by atoms with Crippen LogP contribution in [-0.4, -0.2) is 23.9 Å². The topological polar surface area (TPSA) is 23.6 Å². The first-order valence-corrected chi connectivity index (χ1v) is 12.7. The Morgan fingerprint density at radius 3 is 2.54 bits per heavy atom. The Balaban J connectivity index is 1.70. The van der Waals surface area contributed by atoms with E-state index < -0.39 is 0 Å². The minimum atomic E-state index is -0.0347. The van der Waals surface area contributed by atoms with E-state index in [0.29, 0.717) is 24.2 Å². The molecule has 3 nitrogen and oxygen atoms in total. The van der Waals surface area contributed by atoms with Gasteiger partial charge in [0.05, 0.1) is 5.70 Å². The number of amides is 1. The van der Waals surface area contributed by atoms with Gasteiger partial charge in [-0.15, -0.1) is 0 Å². The lowest BCUT2D eigenvalue weighted by Gasteiger charge is -2.35. The maximum Gasteiger partial charge on any atom is 0.274 e. The van der Waals surface area contributed by atoms with Crippen LogP contribution >= 0.6 is 0 Å². The quantitative estimate of drug-likeness (QED) is 0.405. The first-order chi connectivity index (χ1) is 16.8. The number of allylic oxidation sites excluding steroid dienone is 11. The molecule has 0 aromatic heterocycles. The van der Waals surface area contributed by atoms with Crippen LogP contribution < -0.4 is 4.90 Å². The summed E-state index contributed by atoms with van der Waals surface area (Å²) < 4.78 is 0. The molecule has 0 radical (unpaired) electrons. The van der Waals surface area contributed by atoms with E-state index in [1.807, 2.05) is 52.5 Å². The summed E-state index contributed by atoms with van der Waals surface area (Å²) in [7, 11) is 0. The highest BCUT2D eigenvalue weighted by Gasteiger charge is 2.27. The SMILES string of the molecule is C=C1C(=O)N(c2ccc(CCC(C)(C)C)c(CC)c2)CCN1/C=C/C1=C/C=C\C=C/C=C\C/C=C\1. The van der Waals surface area contributed by atoms with Gasteiger partial charge in [-0.1, -0.05) is 95.0 Å². The van der Waals surface area contributed by atoms with Gasteiger partial charge in [0, 0.05) is 25.0 Å². The molecule has 1 aromatic rings. The maximum absolute atomic E-state index is 13.2. The van der Waals surface area contributed by atoms with Crippen molar-refractivity contribution < 1.29 is 4.79 Å². The van der Waals surface area contributed by atoms with Crippen molar-refractivity contribution in [3.63, 3.8) is 0 Å². The Labute approximate surface area is 212 Å². The van der Waals surface area contributed by atoms with Crippen LogP contribution in [0.15, 0.2) is 103 Å². The fourth-order valence-corrected chi connectivity index (χ4v) is 4.14. The van der Waals surface area contributed by atoms with Gasteiger partial charge in [0.25, 0.3) is 5.91 Å². The molecule has 0 unspecified atom stereocenters.